The van der Waals surface area contributed by atoms with Crippen molar-refractivity contribution in [3.05, 3.63) is 48.2 Å². The van der Waals surface area contributed by atoms with Crippen molar-refractivity contribution in [2.45, 2.75) is 0 Å². The fourth-order valence-corrected chi connectivity index (χ4v) is 1.19. The number of aromatic nitrogens is 3. The summed E-state index contributed by atoms with van der Waals surface area (Å²) >= 11 is 0. The molecule has 0 spiro atoms. The fraction of sp³-hybridized carbons (Fsp3) is 0.0833. The second-order valence-electron chi connectivity index (χ2n) is 3.10. The van der Waals surface area contributed by atoms with Crippen molar-refractivity contribution in [1.82, 2.24) is 15.0 Å². The van der Waals surface area contributed by atoms with Gasteiger partial charge in [-0.05, 0) is 17.7 Å². The molecule has 4 nitrogen and oxygen atoms in total. The first kappa shape index (κ1) is 10.3. The van der Waals surface area contributed by atoms with E-state index in [2.05, 4.69) is 15.0 Å². The second kappa shape index (κ2) is 5.02. The first-order chi connectivity index (χ1) is 7.88. The Labute approximate surface area is 93.7 Å². The van der Waals surface area contributed by atoms with Gasteiger partial charge in [-0.25, -0.2) is 4.98 Å². The Balaban J connectivity index is 2.12. The molecule has 0 amide bonds. The summed E-state index contributed by atoms with van der Waals surface area (Å²) in [6, 6.07) is 3.75. The van der Waals surface area contributed by atoms with E-state index in [0.29, 0.717) is 5.88 Å². The van der Waals surface area contributed by atoms with E-state index in [9.17, 15) is 0 Å². The lowest BCUT2D eigenvalue weighted by Gasteiger charge is -1.97. The average Bonchev–Trinajstić information content (AvgIpc) is 2.38. The fourth-order valence-electron chi connectivity index (χ4n) is 1.19. The van der Waals surface area contributed by atoms with Crippen LogP contribution >= 0.6 is 0 Å². The van der Waals surface area contributed by atoms with Crippen molar-refractivity contribution in [2.24, 2.45) is 0 Å². The lowest BCUT2D eigenvalue weighted by Crippen LogP contribution is -1.86. The van der Waals surface area contributed by atoms with E-state index in [-0.39, 0.29) is 0 Å². The average molecular weight is 213 g/mol. The van der Waals surface area contributed by atoms with Crippen LogP contribution in [0.4, 0.5) is 0 Å². The van der Waals surface area contributed by atoms with Gasteiger partial charge in [-0.3, -0.25) is 9.97 Å². The van der Waals surface area contributed by atoms with Gasteiger partial charge in [0.2, 0.25) is 5.88 Å². The van der Waals surface area contributed by atoms with Crippen molar-refractivity contribution in [3.8, 4) is 5.88 Å². The van der Waals surface area contributed by atoms with Gasteiger partial charge in [0.1, 0.15) is 0 Å². The maximum Gasteiger partial charge on any atom is 0.212 e. The van der Waals surface area contributed by atoms with Gasteiger partial charge in [-0.15, -0.1) is 0 Å². The van der Waals surface area contributed by atoms with Crippen molar-refractivity contribution in [3.63, 3.8) is 0 Å². The Morgan fingerprint density at radius 3 is 2.62 bits per heavy atom. The highest BCUT2D eigenvalue weighted by atomic mass is 16.5. The normalized spacial score (nSPS) is 10.6. The molecule has 0 bridgehead atoms. The third-order valence-electron chi connectivity index (χ3n) is 2.00. The third-order valence-corrected chi connectivity index (χ3v) is 2.00. The Hall–Kier alpha value is -2.23. The first-order valence-corrected chi connectivity index (χ1v) is 4.82. The number of hydrogen-bond acceptors (Lipinski definition) is 4. The summed E-state index contributed by atoms with van der Waals surface area (Å²) in [5, 5.41) is 0. The predicted octanol–water partition coefficient (Wildman–Crippen LogP) is 2.05. The molecule has 0 aliphatic heterocycles. The van der Waals surface area contributed by atoms with E-state index in [0.717, 1.165) is 11.3 Å². The highest BCUT2D eigenvalue weighted by molar-refractivity contribution is 5.67. The molecule has 0 unspecified atom stereocenters. The van der Waals surface area contributed by atoms with Gasteiger partial charge in [-0.2, -0.15) is 0 Å². The molecule has 2 aromatic heterocycles. The minimum absolute atomic E-state index is 0.608. The Bertz CT molecular complexity index is 465. The van der Waals surface area contributed by atoms with Gasteiger partial charge in [0.05, 0.1) is 19.0 Å². The van der Waals surface area contributed by atoms with Gasteiger partial charge in [0.15, 0.2) is 0 Å². The second-order valence-corrected chi connectivity index (χ2v) is 3.10. The van der Waals surface area contributed by atoms with Crippen LogP contribution in [0.3, 0.4) is 0 Å². The zero-order chi connectivity index (χ0) is 11.2. The zero-order valence-electron chi connectivity index (χ0n) is 8.87. The highest BCUT2D eigenvalue weighted by Gasteiger charge is 1.92. The van der Waals surface area contributed by atoms with Crippen LogP contribution in [0, 0.1) is 0 Å². The van der Waals surface area contributed by atoms with E-state index in [1.165, 1.54) is 0 Å². The first-order valence-electron chi connectivity index (χ1n) is 4.82. The number of methoxy groups -OCH3 is 1. The Morgan fingerprint density at radius 1 is 1.06 bits per heavy atom. The number of nitrogens with zero attached hydrogens (tertiary/aromatic N) is 3. The molecule has 2 aromatic rings. The van der Waals surface area contributed by atoms with Crippen LogP contribution in [-0.4, -0.2) is 22.1 Å². The van der Waals surface area contributed by atoms with Gasteiger partial charge in [-0.1, -0.05) is 6.08 Å². The summed E-state index contributed by atoms with van der Waals surface area (Å²) in [4.78, 5) is 12.2. The molecular formula is C12H11N3O. The molecule has 0 N–H and O–H groups in total. The van der Waals surface area contributed by atoms with Crippen molar-refractivity contribution in [1.29, 1.82) is 0 Å². The molecule has 16 heavy (non-hydrogen) atoms. The highest BCUT2D eigenvalue weighted by Crippen LogP contribution is 2.09. The van der Waals surface area contributed by atoms with E-state index in [1.807, 2.05) is 24.3 Å². The maximum atomic E-state index is 4.97. The molecule has 0 aliphatic carbocycles. The minimum atomic E-state index is 0.608. The molecule has 2 heterocycles. The number of hydrogen-bond donors (Lipinski definition) is 0. The number of rotatable bonds is 3. The number of pyridine rings is 1. The zero-order valence-corrected chi connectivity index (χ0v) is 8.87. The van der Waals surface area contributed by atoms with Crippen LogP contribution < -0.4 is 4.74 Å². The summed E-state index contributed by atoms with van der Waals surface area (Å²) in [6.45, 7) is 0. The van der Waals surface area contributed by atoms with Gasteiger partial charge in [0.25, 0.3) is 0 Å². The molecule has 0 aliphatic rings. The molecular weight excluding hydrogens is 202 g/mol. The lowest BCUT2D eigenvalue weighted by atomic mass is 10.2. The van der Waals surface area contributed by atoms with Crippen LogP contribution in [0.2, 0.25) is 0 Å². The van der Waals surface area contributed by atoms with Crippen LogP contribution in [0.25, 0.3) is 12.2 Å². The predicted molar refractivity (Wildman–Crippen MR) is 61.7 cm³/mol. The molecule has 0 radical (unpaired) electrons. The molecule has 2 rings (SSSR count). The summed E-state index contributed by atoms with van der Waals surface area (Å²) in [6.07, 6.45) is 10.6. The summed E-state index contributed by atoms with van der Waals surface area (Å²) in [5.74, 6) is 0.608. The van der Waals surface area contributed by atoms with Crippen LogP contribution in [-0.2, 0) is 0 Å². The third kappa shape index (κ3) is 2.63. The Morgan fingerprint density at radius 2 is 2.00 bits per heavy atom. The lowest BCUT2D eigenvalue weighted by molar-refractivity contribution is 0.398. The van der Waals surface area contributed by atoms with Gasteiger partial charge in [0, 0.05) is 24.7 Å². The quantitative estimate of drug-likeness (QED) is 0.782. The standard InChI is InChI=1S/C12H11N3O/c1-16-12-5-3-10(8-15-12)2-4-11-9-13-6-7-14-11/h2-9H,1H3. The molecule has 0 atom stereocenters. The number of ether oxygens (including phenoxy) is 1. The van der Waals surface area contributed by atoms with Gasteiger partial charge < -0.3 is 4.74 Å². The van der Waals surface area contributed by atoms with Gasteiger partial charge >= 0.3 is 0 Å². The largest absolute Gasteiger partial charge is 0.481 e. The maximum absolute atomic E-state index is 4.97. The van der Waals surface area contributed by atoms with Crippen LogP contribution in [0.5, 0.6) is 5.88 Å². The molecule has 0 aromatic carbocycles. The summed E-state index contributed by atoms with van der Waals surface area (Å²) in [5.41, 5.74) is 1.81. The Kier molecular flexibility index (Phi) is 3.23. The van der Waals surface area contributed by atoms with E-state index in [1.54, 1.807) is 31.9 Å². The molecule has 0 fully saturated rings. The van der Waals surface area contributed by atoms with E-state index < -0.39 is 0 Å². The van der Waals surface area contributed by atoms with E-state index >= 15 is 0 Å². The van der Waals surface area contributed by atoms with Crippen molar-refractivity contribution < 1.29 is 4.74 Å². The molecule has 0 saturated carbocycles. The van der Waals surface area contributed by atoms with E-state index in [4.69, 9.17) is 4.74 Å². The van der Waals surface area contributed by atoms with Crippen LogP contribution in [0.15, 0.2) is 36.9 Å². The minimum Gasteiger partial charge on any atom is -0.481 e. The van der Waals surface area contributed by atoms with Crippen molar-refractivity contribution >= 4 is 12.2 Å². The monoisotopic (exact) mass is 213 g/mol. The summed E-state index contributed by atoms with van der Waals surface area (Å²) in [7, 11) is 1.59. The topological polar surface area (TPSA) is 47.9 Å². The molecule has 80 valence electrons. The smallest absolute Gasteiger partial charge is 0.212 e. The molecule has 4 heteroatoms. The SMILES string of the molecule is COc1ccc(C=Cc2cnccn2)cn1. The molecule has 0 saturated heterocycles. The van der Waals surface area contributed by atoms with Crippen molar-refractivity contribution in [2.75, 3.05) is 7.11 Å². The summed E-state index contributed by atoms with van der Waals surface area (Å²) < 4.78 is 4.97. The van der Waals surface area contributed by atoms with Crippen LogP contribution in [0.1, 0.15) is 11.3 Å².